The van der Waals surface area contributed by atoms with Crippen LogP contribution in [0.5, 0.6) is 0 Å². The number of nitrogens with zero attached hydrogens (tertiary/aromatic N) is 1. The van der Waals surface area contributed by atoms with Crippen LogP contribution in [0, 0.1) is 0 Å². The van der Waals surface area contributed by atoms with Gasteiger partial charge in [-0.25, -0.2) is 5.43 Å². The van der Waals surface area contributed by atoms with Gasteiger partial charge in [0, 0.05) is 17.1 Å². The number of aromatic nitrogens is 1. The van der Waals surface area contributed by atoms with Crippen LogP contribution >= 0.6 is 0 Å². The molecule has 4 heteroatoms. The number of amides is 1. The van der Waals surface area contributed by atoms with Gasteiger partial charge >= 0.3 is 0 Å². The van der Waals surface area contributed by atoms with Gasteiger partial charge in [0.05, 0.1) is 11.3 Å². The SMILES string of the molecule is C/C(=N\NC(=O)c1c[nH]c2ccccc12)c1ccc(-c2ccccc2)cc1. The Labute approximate surface area is 157 Å². The number of H-pyrrole nitrogens is 1. The smallest absolute Gasteiger partial charge is 0.273 e. The van der Waals surface area contributed by atoms with Gasteiger partial charge in [-0.15, -0.1) is 0 Å². The van der Waals surface area contributed by atoms with Crippen molar-refractivity contribution in [3.05, 3.63) is 96.2 Å². The van der Waals surface area contributed by atoms with E-state index < -0.39 is 0 Å². The zero-order valence-corrected chi connectivity index (χ0v) is 14.9. The number of hydrogen-bond acceptors (Lipinski definition) is 2. The molecule has 0 spiro atoms. The highest BCUT2D eigenvalue weighted by Crippen LogP contribution is 2.20. The predicted molar refractivity (Wildman–Crippen MR) is 110 cm³/mol. The van der Waals surface area contributed by atoms with Crippen LogP contribution in [0.2, 0.25) is 0 Å². The van der Waals surface area contributed by atoms with Gasteiger partial charge in [-0.1, -0.05) is 72.8 Å². The van der Waals surface area contributed by atoms with E-state index in [-0.39, 0.29) is 5.91 Å². The highest BCUT2D eigenvalue weighted by Gasteiger charge is 2.11. The van der Waals surface area contributed by atoms with Crippen LogP contribution in [0.1, 0.15) is 22.8 Å². The molecule has 1 amide bonds. The normalized spacial score (nSPS) is 11.5. The summed E-state index contributed by atoms with van der Waals surface area (Å²) in [5.74, 6) is -0.229. The molecule has 0 atom stereocenters. The number of rotatable bonds is 4. The van der Waals surface area contributed by atoms with Crippen LogP contribution in [0.3, 0.4) is 0 Å². The maximum Gasteiger partial charge on any atom is 0.273 e. The van der Waals surface area contributed by atoms with Gasteiger partial charge in [-0.05, 0) is 29.7 Å². The Bertz CT molecular complexity index is 1110. The molecular formula is C23H19N3O. The molecule has 1 heterocycles. The second-order valence-electron chi connectivity index (χ2n) is 6.33. The average Bonchev–Trinajstić information content (AvgIpc) is 3.17. The Balaban J connectivity index is 1.50. The molecule has 4 rings (SSSR count). The van der Waals surface area contributed by atoms with E-state index in [4.69, 9.17) is 0 Å². The number of aromatic amines is 1. The molecule has 2 N–H and O–H groups in total. The van der Waals surface area contributed by atoms with Gasteiger partial charge < -0.3 is 4.98 Å². The lowest BCUT2D eigenvalue weighted by molar-refractivity contribution is 0.0956. The molecule has 0 aliphatic rings. The molecule has 4 nitrogen and oxygen atoms in total. The van der Waals surface area contributed by atoms with Crippen molar-refractivity contribution in [3.63, 3.8) is 0 Å². The highest BCUT2D eigenvalue weighted by molar-refractivity contribution is 6.07. The standard InChI is InChI=1S/C23H19N3O/c1-16(17-11-13-19(14-12-17)18-7-3-2-4-8-18)25-26-23(27)21-15-24-22-10-6-5-9-20(21)22/h2-15,24H,1H3,(H,26,27)/b25-16+. The van der Waals surface area contributed by atoms with Crippen LogP contribution < -0.4 is 5.43 Å². The first-order chi connectivity index (χ1) is 13.2. The molecule has 0 saturated heterocycles. The summed E-state index contributed by atoms with van der Waals surface area (Å²) in [5.41, 5.74) is 8.21. The summed E-state index contributed by atoms with van der Waals surface area (Å²) in [6.45, 7) is 1.88. The number of fused-ring (bicyclic) bond motifs is 1. The van der Waals surface area contributed by atoms with E-state index in [9.17, 15) is 4.79 Å². The van der Waals surface area contributed by atoms with Gasteiger partial charge in [-0.2, -0.15) is 5.10 Å². The maximum atomic E-state index is 12.5. The summed E-state index contributed by atoms with van der Waals surface area (Å²) in [4.78, 5) is 15.6. The van der Waals surface area contributed by atoms with E-state index in [1.807, 2.05) is 61.5 Å². The van der Waals surface area contributed by atoms with Crippen LogP contribution in [0.15, 0.2) is 90.2 Å². The van der Waals surface area contributed by atoms with Crippen LogP contribution in [-0.2, 0) is 0 Å². The van der Waals surface area contributed by atoms with Crippen LogP contribution in [0.4, 0.5) is 0 Å². The Hall–Kier alpha value is -3.66. The molecule has 132 valence electrons. The molecule has 0 bridgehead atoms. The van der Waals surface area contributed by atoms with Crippen LogP contribution in [0.25, 0.3) is 22.0 Å². The topological polar surface area (TPSA) is 57.2 Å². The molecule has 0 aliphatic carbocycles. The molecule has 0 radical (unpaired) electrons. The van der Waals surface area contributed by atoms with Gasteiger partial charge in [0.1, 0.15) is 0 Å². The first-order valence-electron chi connectivity index (χ1n) is 8.79. The fourth-order valence-corrected chi connectivity index (χ4v) is 3.05. The van der Waals surface area contributed by atoms with Gasteiger partial charge in [0.15, 0.2) is 0 Å². The number of para-hydroxylation sites is 1. The maximum absolute atomic E-state index is 12.5. The van der Waals surface area contributed by atoms with Crippen molar-refractivity contribution in [2.75, 3.05) is 0 Å². The molecule has 27 heavy (non-hydrogen) atoms. The van der Waals surface area contributed by atoms with Crippen molar-refractivity contribution in [2.24, 2.45) is 5.10 Å². The van der Waals surface area contributed by atoms with E-state index >= 15 is 0 Å². The van der Waals surface area contributed by atoms with Crippen molar-refractivity contribution in [1.29, 1.82) is 0 Å². The average molecular weight is 353 g/mol. The quantitative estimate of drug-likeness (QED) is 0.394. The fraction of sp³-hybridized carbons (Fsp3) is 0.0435. The molecule has 0 aliphatic heterocycles. The Morgan fingerprint density at radius 3 is 2.30 bits per heavy atom. The van der Waals surface area contributed by atoms with Crippen molar-refractivity contribution in [1.82, 2.24) is 10.4 Å². The highest BCUT2D eigenvalue weighted by atomic mass is 16.2. The van der Waals surface area contributed by atoms with Crippen LogP contribution in [-0.4, -0.2) is 16.6 Å². The molecule has 4 aromatic rings. The van der Waals surface area contributed by atoms with Crippen molar-refractivity contribution < 1.29 is 4.79 Å². The second-order valence-corrected chi connectivity index (χ2v) is 6.33. The summed E-state index contributed by atoms with van der Waals surface area (Å²) in [6, 6.07) is 26.1. The zero-order chi connectivity index (χ0) is 18.6. The third-order valence-corrected chi connectivity index (χ3v) is 4.57. The molecule has 0 unspecified atom stereocenters. The van der Waals surface area contributed by atoms with Gasteiger partial charge in [0.25, 0.3) is 5.91 Å². The minimum absolute atomic E-state index is 0.229. The minimum Gasteiger partial charge on any atom is -0.360 e. The zero-order valence-electron chi connectivity index (χ0n) is 14.9. The Morgan fingerprint density at radius 1 is 0.852 bits per heavy atom. The van der Waals surface area contributed by atoms with E-state index in [1.54, 1.807) is 6.20 Å². The number of carbonyl (C=O) groups is 1. The first-order valence-corrected chi connectivity index (χ1v) is 8.79. The number of hydrazone groups is 1. The third kappa shape index (κ3) is 3.51. The summed E-state index contributed by atoms with van der Waals surface area (Å²) >= 11 is 0. The van der Waals surface area contributed by atoms with E-state index in [2.05, 4.69) is 39.8 Å². The molecular weight excluding hydrogens is 334 g/mol. The summed E-state index contributed by atoms with van der Waals surface area (Å²) < 4.78 is 0. The van der Waals surface area contributed by atoms with Gasteiger partial charge in [-0.3, -0.25) is 4.79 Å². The summed E-state index contributed by atoms with van der Waals surface area (Å²) in [7, 11) is 0. The lowest BCUT2D eigenvalue weighted by Crippen LogP contribution is -2.19. The van der Waals surface area contributed by atoms with Crippen molar-refractivity contribution in [3.8, 4) is 11.1 Å². The number of hydrogen-bond donors (Lipinski definition) is 2. The molecule has 3 aromatic carbocycles. The first kappa shape index (κ1) is 16.8. The van der Waals surface area contributed by atoms with E-state index in [1.165, 1.54) is 5.56 Å². The monoisotopic (exact) mass is 353 g/mol. The Kier molecular flexibility index (Phi) is 4.54. The largest absolute Gasteiger partial charge is 0.360 e. The fourth-order valence-electron chi connectivity index (χ4n) is 3.05. The van der Waals surface area contributed by atoms with E-state index in [0.717, 1.165) is 27.7 Å². The van der Waals surface area contributed by atoms with Crippen molar-refractivity contribution >= 4 is 22.5 Å². The molecule has 1 aromatic heterocycles. The number of nitrogens with one attached hydrogen (secondary N) is 2. The third-order valence-electron chi connectivity index (χ3n) is 4.57. The molecule has 0 saturated carbocycles. The number of carbonyl (C=O) groups excluding carboxylic acids is 1. The molecule has 0 fully saturated rings. The Morgan fingerprint density at radius 2 is 1.52 bits per heavy atom. The lowest BCUT2D eigenvalue weighted by atomic mass is 10.0. The van der Waals surface area contributed by atoms with E-state index in [0.29, 0.717) is 5.56 Å². The lowest BCUT2D eigenvalue weighted by Gasteiger charge is -2.05. The number of benzene rings is 3. The summed E-state index contributed by atoms with van der Waals surface area (Å²) in [5, 5.41) is 5.15. The second kappa shape index (κ2) is 7.30. The summed E-state index contributed by atoms with van der Waals surface area (Å²) in [6.07, 6.45) is 1.71. The van der Waals surface area contributed by atoms with Crippen molar-refractivity contribution in [2.45, 2.75) is 6.92 Å². The van der Waals surface area contributed by atoms with Gasteiger partial charge in [0.2, 0.25) is 0 Å². The minimum atomic E-state index is -0.229. The predicted octanol–water partition coefficient (Wildman–Crippen LogP) is 4.99.